The lowest BCUT2D eigenvalue weighted by atomic mass is 9.98. The van der Waals surface area contributed by atoms with Crippen LogP contribution in [0.5, 0.6) is 5.75 Å². The van der Waals surface area contributed by atoms with E-state index < -0.39 is 90.8 Å². The molecule has 7 atom stereocenters. The zero-order valence-electron chi connectivity index (χ0n) is 30.8. The van der Waals surface area contributed by atoms with E-state index in [4.69, 9.17) is 25.1 Å². The number of esters is 1. The Hall–Kier alpha value is -4.56. The largest absolute Gasteiger partial charge is 0.481 e. The number of nitrogens with one attached hydrogen (secondary N) is 5. The SMILES string of the molecule is CC(C)N[C@H](C(=O)N[C@@H](CCCNC(N)=O)C(=O)Nc1ccc(COC(=O)C(C)C)cc1O[C@@H]1O[C@H](C(=O)NCCC(=O)O)[C@@H](O)[C@H](O)[C@H]1O)C(C)C. The van der Waals surface area contributed by atoms with Gasteiger partial charge in [0.1, 0.15) is 36.7 Å². The maximum atomic E-state index is 13.8. The third-order valence-electron chi connectivity index (χ3n) is 7.93. The van der Waals surface area contributed by atoms with Crippen molar-refractivity contribution in [3.05, 3.63) is 23.8 Å². The van der Waals surface area contributed by atoms with Crippen LogP contribution < -0.4 is 37.1 Å². The highest BCUT2D eigenvalue weighted by molar-refractivity contribution is 5.99. The number of carboxylic acid groups (broad SMARTS) is 1. The maximum Gasteiger partial charge on any atom is 0.312 e. The maximum absolute atomic E-state index is 13.8. The number of hydrogen-bond acceptors (Lipinski definition) is 13. The number of urea groups is 1. The number of carboxylic acids is 1. The number of anilines is 1. The van der Waals surface area contributed by atoms with Crippen molar-refractivity contribution in [2.24, 2.45) is 17.6 Å². The third-order valence-corrected chi connectivity index (χ3v) is 7.93. The van der Waals surface area contributed by atoms with Gasteiger partial charge in [0.2, 0.25) is 18.1 Å². The smallest absolute Gasteiger partial charge is 0.312 e. The van der Waals surface area contributed by atoms with E-state index in [0.717, 1.165) is 0 Å². The minimum atomic E-state index is -1.96. The van der Waals surface area contributed by atoms with Crippen molar-refractivity contribution < 1.29 is 63.4 Å². The summed E-state index contributed by atoms with van der Waals surface area (Å²) in [6.45, 7) is 10.3. The van der Waals surface area contributed by atoms with Crippen molar-refractivity contribution in [3.63, 3.8) is 0 Å². The standard InChI is InChI=1S/C34H54N6O13/c1-16(2)24(38-18(5)6)30(47)40-21(8-7-12-37-34(35)50)29(46)39-20-10-9-19(15-51-32(49)17(3)4)14-22(20)52-33-27(45)25(43)26(44)28(53-33)31(48)36-13-11-23(41)42/h9-10,14,16-18,21,24-28,33,38,43-45H,7-8,11-13,15H2,1-6H3,(H,36,48)(H,39,46)(H,40,47)(H,41,42)(H3,35,37,50)/t21-,24-,25-,26-,27+,28-,33+/m0/s1. The molecule has 5 amide bonds. The number of carbonyl (C=O) groups is 6. The fraction of sp³-hybridized carbons (Fsp3) is 0.647. The zero-order valence-corrected chi connectivity index (χ0v) is 30.8. The number of aliphatic hydroxyl groups excluding tert-OH is 3. The molecule has 2 rings (SSSR count). The predicted octanol–water partition coefficient (Wildman–Crippen LogP) is -0.942. The van der Waals surface area contributed by atoms with Crippen LogP contribution in [0.1, 0.15) is 66.4 Å². The number of aliphatic hydroxyl groups is 3. The van der Waals surface area contributed by atoms with Gasteiger partial charge in [-0.15, -0.1) is 0 Å². The number of primary amides is 1. The minimum Gasteiger partial charge on any atom is -0.481 e. The Morgan fingerprint density at radius 1 is 0.906 bits per heavy atom. The molecule has 1 aliphatic heterocycles. The van der Waals surface area contributed by atoms with Crippen LogP contribution in [0, 0.1) is 11.8 Å². The van der Waals surface area contributed by atoms with E-state index in [2.05, 4.69) is 26.6 Å². The molecule has 0 spiro atoms. The van der Waals surface area contributed by atoms with Gasteiger partial charge in [0.25, 0.3) is 5.91 Å². The number of rotatable bonds is 20. The summed E-state index contributed by atoms with van der Waals surface area (Å²) in [4.78, 5) is 74.2. The van der Waals surface area contributed by atoms with Crippen LogP contribution in [0.15, 0.2) is 18.2 Å². The van der Waals surface area contributed by atoms with Crippen molar-refractivity contribution in [2.75, 3.05) is 18.4 Å². The fourth-order valence-corrected chi connectivity index (χ4v) is 5.06. The summed E-state index contributed by atoms with van der Waals surface area (Å²) in [5, 5.41) is 54.1. The molecule has 1 aromatic rings. The van der Waals surface area contributed by atoms with E-state index in [9.17, 15) is 44.1 Å². The van der Waals surface area contributed by atoms with Gasteiger partial charge < -0.3 is 67.0 Å². The van der Waals surface area contributed by atoms with Crippen LogP contribution in [0.2, 0.25) is 0 Å². The Bertz CT molecular complexity index is 1430. The molecule has 1 fully saturated rings. The molecule has 0 radical (unpaired) electrons. The topological polar surface area (TPSA) is 297 Å². The van der Waals surface area contributed by atoms with Gasteiger partial charge in [-0.3, -0.25) is 24.0 Å². The average molecular weight is 755 g/mol. The van der Waals surface area contributed by atoms with Crippen LogP contribution >= 0.6 is 0 Å². The monoisotopic (exact) mass is 754 g/mol. The number of benzene rings is 1. The first-order chi connectivity index (χ1) is 24.8. The molecule has 0 aliphatic carbocycles. The van der Waals surface area contributed by atoms with Crippen molar-refractivity contribution in [1.29, 1.82) is 0 Å². The number of ether oxygens (including phenoxy) is 3. The highest BCUT2D eigenvalue weighted by atomic mass is 16.7. The third kappa shape index (κ3) is 14.4. The van der Waals surface area contributed by atoms with Gasteiger partial charge in [0, 0.05) is 19.1 Å². The van der Waals surface area contributed by atoms with Gasteiger partial charge in [0.15, 0.2) is 6.10 Å². The predicted molar refractivity (Wildman–Crippen MR) is 188 cm³/mol. The summed E-state index contributed by atoms with van der Waals surface area (Å²) in [6.07, 6.45) is -9.57. The van der Waals surface area contributed by atoms with E-state index in [0.29, 0.717) is 5.56 Å². The fourth-order valence-electron chi connectivity index (χ4n) is 5.06. The number of aliphatic carboxylic acids is 1. The number of amides is 5. The Labute approximate surface area is 307 Å². The molecule has 19 heteroatoms. The summed E-state index contributed by atoms with van der Waals surface area (Å²) in [6, 6.07) is 1.66. The summed E-state index contributed by atoms with van der Waals surface area (Å²) >= 11 is 0. The molecule has 53 heavy (non-hydrogen) atoms. The van der Waals surface area contributed by atoms with E-state index in [1.165, 1.54) is 18.2 Å². The highest BCUT2D eigenvalue weighted by Gasteiger charge is 2.48. The van der Waals surface area contributed by atoms with E-state index in [1.807, 2.05) is 27.7 Å². The molecule has 1 heterocycles. The first-order valence-electron chi connectivity index (χ1n) is 17.4. The Balaban J connectivity index is 2.45. The van der Waals surface area contributed by atoms with Gasteiger partial charge in [-0.1, -0.05) is 47.6 Å². The molecular weight excluding hydrogens is 700 g/mol. The second-order valence-electron chi connectivity index (χ2n) is 13.6. The van der Waals surface area contributed by atoms with E-state index in [-0.39, 0.29) is 55.9 Å². The lowest BCUT2D eigenvalue weighted by Crippen LogP contribution is -2.62. The van der Waals surface area contributed by atoms with Crippen molar-refractivity contribution in [3.8, 4) is 5.75 Å². The van der Waals surface area contributed by atoms with E-state index in [1.54, 1.807) is 13.8 Å². The quantitative estimate of drug-likeness (QED) is 0.0568. The van der Waals surface area contributed by atoms with Crippen LogP contribution in [0.3, 0.4) is 0 Å². The Morgan fingerprint density at radius 2 is 1.58 bits per heavy atom. The molecule has 0 saturated carbocycles. The number of carbonyl (C=O) groups excluding carboxylic acids is 5. The first-order valence-corrected chi connectivity index (χ1v) is 17.4. The second kappa shape index (κ2) is 21.2. The molecule has 0 aromatic heterocycles. The Kier molecular flexibility index (Phi) is 17.9. The lowest BCUT2D eigenvalue weighted by molar-refractivity contribution is -0.266. The molecular formula is C34H54N6O13. The summed E-state index contributed by atoms with van der Waals surface area (Å²) in [5.41, 5.74) is 5.50. The van der Waals surface area contributed by atoms with Gasteiger partial charge >= 0.3 is 18.0 Å². The van der Waals surface area contributed by atoms with Crippen molar-refractivity contribution in [2.45, 2.75) is 116 Å². The summed E-state index contributed by atoms with van der Waals surface area (Å²) in [7, 11) is 0. The van der Waals surface area contributed by atoms with Crippen LogP contribution in [-0.4, -0.2) is 118 Å². The number of hydrogen-bond donors (Lipinski definition) is 10. The Morgan fingerprint density at radius 3 is 2.17 bits per heavy atom. The molecule has 11 N–H and O–H groups in total. The minimum absolute atomic E-state index is 0.0250. The van der Waals surface area contributed by atoms with Crippen LogP contribution in [0.4, 0.5) is 10.5 Å². The molecule has 1 saturated heterocycles. The molecule has 0 bridgehead atoms. The molecule has 1 aliphatic rings. The zero-order chi connectivity index (χ0) is 40.0. The van der Waals surface area contributed by atoms with Crippen LogP contribution in [-0.2, 0) is 40.1 Å². The molecule has 298 valence electrons. The average Bonchev–Trinajstić information content (AvgIpc) is 3.07. The van der Waals surface area contributed by atoms with Gasteiger partial charge in [0.05, 0.1) is 24.1 Å². The number of nitrogens with two attached hydrogens (primary N) is 1. The summed E-state index contributed by atoms with van der Waals surface area (Å²) < 4.78 is 16.8. The molecule has 19 nitrogen and oxygen atoms in total. The van der Waals surface area contributed by atoms with Crippen LogP contribution in [0.25, 0.3) is 0 Å². The van der Waals surface area contributed by atoms with Crippen molar-refractivity contribution in [1.82, 2.24) is 21.3 Å². The second-order valence-corrected chi connectivity index (χ2v) is 13.6. The summed E-state index contributed by atoms with van der Waals surface area (Å²) in [5.74, 6) is -4.60. The van der Waals surface area contributed by atoms with Crippen molar-refractivity contribution >= 4 is 41.4 Å². The lowest BCUT2D eigenvalue weighted by Gasteiger charge is -2.39. The highest BCUT2D eigenvalue weighted by Crippen LogP contribution is 2.31. The molecule has 0 unspecified atom stereocenters. The normalized spacial score (nSPS) is 21.0. The van der Waals surface area contributed by atoms with E-state index >= 15 is 0 Å². The first kappa shape index (κ1) is 44.6. The molecule has 1 aromatic carbocycles. The van der Waals surface area contributed by atoms with Gasteiger partial charge in [-0.25, -0.2) is 4.79 Å². The van der Waals surface area contributed by atoms with Gasteiger partial charge in [-0.05, 0) is 36.5 Å². The van der Waals surface area contributed by atoms with Gasteiger partial charge in [-0.2, -0.15) is 0 Å².